The molecule has 0 fully saturated rings. The van der Waals surface area contributed by atoms with Gasteiger partial charge in [-0.15, -0.1) is 0 Å². The minimum absolute atomic E-state index is 0.0160. The van der Waals surface area contributed by atoms with Gasteiger partial charge in [0.2, 0.25) is 0 Å². The third-order valence-electron chi connectivity index (χ3n) is 3.30. The molecule has 150 valence electrons. The number of aliphatic carboxylic acids is 1. The molecule has 2 aromatic rings. The number of phenols is 3. The fourth-order valence-corrected chi connectivity index (χ4v) is 1.98. The molecule has 28 heavy (non-hydrogen) atoms. The number of hydrogen-bond acceptors (Lipinski definition) is 8. The first-order valence-corrected chi connectivity index (χ1v) is 7.75. The number of phenolic OH excluding ortho intramolecular Hbond substituents is 3. The maximum absolute atomic E-state index is 10.6. The van der Waals surface area contributed by atoms with Gasteiger partial charge in [0.15, 0.2) is 11.5 Å². The summed E-state index contributed by atoms with van der Waals surface area (Å²) in [6, 6.07) is 6.82. The van der Waals surface area contributed by atoms with Crippen molar-refractivity contribution >= 4 is 17.9 Å². The van der Waals surface area contributed by atoms with Gasteiger partial charge in [-0.1, -0.05) is 12.1 Å². The van der Waals surface area contributed by atoms with E-state index in [1.165, 1.54) is 19.1 Å². The van der Waals surface area contributed by atoms with E-state index in [1.807, 2.05) is 0 Å². The van der Waals surface area contributed by atoms with Crippen molar-refractivity contribution in [1.82, 2.24) is 0 Å². The zero-order chi connectivity index (χ0) is 21.4. The van der Waals surface area contributed by atoms with Crippen LogP contribution in [0, 0.1) is 0 Å². The summed E-state index contributed by atoms with van der Waals surface area (Å²) in [6.45, 7) is 1.22. The first-order valence-electron chi connectivity index (χ1n) is 7.75. The Morgan fingerprint density at radius 1 is 1.00 bits per heavy atom. The van der Waals surface area contributed by atoms with Gasteiger partial charge < -0.3 is 36.0 Å². The maximum atomic E-state index is 10.6. The third kappa shape index (κ3) is 6.50. The van der Waals surface area contributed by atoms with E-state index in [4.69, 9.17) is 26.2 Å². The molecule has 0 aliphatic carbocycles. The summed E-state index contributed by atoms with van der Waals surface area (Å²) in [5, 5.41) is 44.7. The number of carboxylic acid groups (broad SMARTS) is 2. The van der Waals surface area contributed by atoms with Gasteiger partial charge in [0.1, 0.15) is 23.1 Å². The first-order chi connectivity index (χ1) is 13.0. The lowest BCUT2D eigenvalue weighted by Crippen LogP contribution is -2.32. The van der Waals surface area contributed by atoms with E-state index in [0.29, 0.717) is 0 Å². The van der Waals surface area contributed by atoms with Gasteiger partial charge >= 0.3 is 17.9 Å². The monoisotopic (exact) mass is 393 g/mol. The zero-order valence-corrected chi connectivity index (χ0v) is 14.7. The standard InChI is InChI=1S/C9H11NO5.C9H8O4/c10-5(9(14)15)1-4-2-7(12)8(13)3-6(4)11;1-6(10)13-8-5-3-2-4-7(8)9(11)12/h2-3,5,11-13H,1,10H2,(H,14,15);2-5H,1H3,(H,11,12). The maximum Gasteiger partial charge on any atom is 0.339 e. The molecule has 0 saturated heterocycles. The van der Waals surface area contributed by atoms with E-state index in [1.54, 1.807) is 12.1 Å². The number of aromatic carboxylic acids is 1. The molecule has 0 aromatic heterocycles. The van der Waals surface area contributed by atoms with Crippen molar-refractivity contribution in [2.45, 2.75) is 19.4 Å². The van der Waals surface area contributed by atoms with Crippen LogP contribution in [0.5, 0.6) is 23.0 Å². The number of carbonyl (C=O) groups excluding carboxylic acids is 1. The average molecular weight is 393 g/mol. The summed E-state index contributed by atoms with van der Waals surface area (Å²) in [7, 11) is 0. The fourth-order valence-electron chi connectivity index (χ4n) is 1.98. The molecule has 0 amide bonds. The highest BCUT2D eigenvalue weighted by Crippen LogP contribution is 2.32. The summed E-state index contributed by atoms with van der Waals surface area (Å²) in [6.07, 6.45) is -0.130. The Kier molecular flexibility index (Phi) is 7.77. The minimum Gasteiger partial charge on any atom is -0.508 e. The summed E-state index contributed by atoms with van der Waals surface area (Å²) < 4.78 is 4.69. The van der Waals surface area contributed by atoms with Crippen molar-refractivity contribution in [3.63, 3.8) is 0 Å². The second-order valence-corrected chi connectivity index (χ2v) is 5.51. The fraction of sp³-hybridized carbons (Fsp3) is 0.167. The Hall–Kier alpha value is -3.79. The highest BCUT2D eigenvalue weighted by Gasteiger charge is 2.16. The Labute approximate surface area is 159 Å². The van der Waals surface area contributed by atoms with Crippen LogP contribution in [0.3, 0.4) is 0 Å². The molecule has 1 unspecified atom stereocenters. The van der Waals surface area contributed by atoms with Crippen molar-refractivity contribution in [3.8, 4) is 23.0 Å². The molecule has 1 atom stereocenters. The minimum atomic E-state index is -1.21. The van der Waals surface area contributed by atoms with Crippen molar-refractivity contribution in [1.29, 1.82) is 0 Å². The molecular weight excluding hydrogens is 374 g/mol. The SMILES string of the molecule is CC(=O)Oc1ccccc1C(=O)O.NC(Cc1cc(O)c(O)cc1O)C(=O)O. The van der Waals surface area contributed by atoms with Crippen LogP contribution in [0.15, 0.2) is 36.4 Å². The largest absolute Gasteiger partial charge is 0.508 e. The molecule has 0 aliphatic heterocycles. The van der Waals surface area contributed by atoms with Gasteiger partial charge in [-0.2, -0.15) is 0 Å². The van der Waals surface area contributed by atoms with Crippen LogP contribution in [0.4, 0.5) is 0 Å². The van der Waals surface area contributed by atoms with Crippen molar-refractivity contribution in [2.24, 2.45) is 5.73 Å². The van der Waals surface area contributed by atoms with Gasteiger partial charge in [-0.25, -0.2) is 4.79 Å². The number of nitrogens with two attached hydrogens (primary N) is 1. The van der Waals surface area contributed by atoms with Crippen LogP contribution in [0.25, 0.3) is 0 Å². The lowest BCUT2D eigenvalue weighted by atomic mass is 10.0. The lowest BCUT2D eigenvalue weighted by Gasteiger charge is -2.09. The Bertz CT molecular complexity index is 879. The van der Waals surface area contributed by atoms with Crippen LogP contribution in [0.1, 0.15) is 22.8 Å². The van der Waals surface area contributed by atoms with Crippen LogP contribution >= 0.6 is 0 Å². The second-order valence-electron chi connectivity index (χ2n) is 5.51. The van der Waals surface area contributed by atoms with E-state index in [0.717, 1.165) is 12.1 Å². The van der Waals surface area contributed by atoms with Crippen molar-refractivity contribution < 1.29 is 44.7 Å². The number of carboxylic acids is 2. The summed E-state index contributed by atoms with van der Waals surface area (Å²) in [5.41, 5.74) is 5.40. The summed E-state index contributed by atoms with van der Waals surface area (Å²) in [5.74, 6) is -3.99. The van der Waals surface area contributed by atoms with E-state index < -0.39 is 35.4 Å². The molecule has 0 spiro atoms. The molecule has 7 N–H and O–H groups in total. The molecule has 2 rings (SSSR count). The topological polar surface area (TPSA) is 188 Å². The number of ether oxygens (including phenoxy) is 1. The van der Waals surface area contributed by atoms with E-state index in [-0.39, 0.29) is 29.0 Å². The number of rotatable bonds is 5. The molecule has 0 saturated carbocycles. The normalized spacial score (nSPS) is 10.9. The first kappa shape index (κ1) is 22.3. The Morgan fingerprint density at radius 3 is 2.11 bits per heavy atom. The zero-order valence-electron chi connectivity index (χ0n) is 14.7. The van der Waals surface area contributed by atoms with Gasteiger partial charge in [0, 0.05) is 19.4 Å². The average Bonchev–Trinajstić information content (AvgIpc) is 2.59. The van der Waals surface area contributed by atoms with Gasteiger partial charge in [-0.05, 0) is 23.8 Å². The predicted molar refractivity (Wildman–Crippen MR) is 95.5 cm³/mol. The number of hydrogen-bond donors (Lipinski definition) is 6. The summed E-state index contributed by atoms with van der Waals surface area (Å²) >= 11 is 0. The van der Waals surface area contributed by atoms with Gasteiger partial charge in [0.25, 0.3) is 0 Å². The lowest BCUT2D eigenvalue weighted by molar-refractivity contribution is -0.138. The Morgan fingerprint density at radius 2 is 1.57 bits per heavy atom. The number of carbonyl (C=O) groups is 3. The number of para-hydroxylation sites is 1. The molecule has 0 aliphatic rings. The van der Waals surface area contributed by atoms with E-state index in [2.05, 4.69) is 4.74 Å². The third-order valence-corrected chi connectivity index (χ3v) is 3.30. The van der Waals surface area contributed by atoms with E-state index in [9.17, 15) is 19.5 Å². The summed E-state index contributed by atoms with van der Waals surface area (Å²) in [4.78, 5) is 31.6. The van der Waals surface area contributed by atoms with Crippen LogP contribution in [-0.2, 0) is 16.0 Å². The number of benzene rings is 2. The van der Waals surface area contributed by atoms with Gasteiger partial charge in [0.05, 0.1) is 0 Å². The van der Waals surface area contributed by atoms with Crippen LogP contribution in [0.2, 0.25) is 0 Å². The predicted octanol–water partition coefficient (Wildman–Crippen LogP) is 1.07. The molecule has 2 aromatic carbocycles. The Balaban J connectivity index is 0.000000283. The van der Waals surface area contributed by atoms with Crippen LogP contribution < -0.4 is 10.5 Å². The molecule has 0 heterocycles. The highest BCUT2D eigenvalue weighted by molar-refractivity contribution is 5.91. The molecule has 10 nitrogen and oxygen atoms in total. The van der Waals surface area contributed by atoms with E-state index >= 15 is 0 Å². The van der Waals surface area contributed by atoms with Crippen LogP contribution in [-0.4, -0.2) is 49.5 Å². The van der Waals surface area contributed by atoms with Crippen molar-refractivity contribution in [2.75, 3.05) is 0 Å². The quantitative estimate of drug-likeness (QED) is 0.185. The second kappa shape index (κ2) is 9.78. The van der Waals surface area contributed by atoms with Crippen molar-refractivity contribution in [3.05, 3.63) is 47.5 Å². The van der Waals surface area contributed by atoms with Gasteiger partial charge in [-0.3, -0.25) is 9.59 Å². The smallest absolute Gasteiger partial charge is 0.339 e. The molecule has 0 bridgehead atoms. The number of aromatic hydroxyl groups is 3. The molecular formula is C18H19NO9. The highest BCUT2D eigenvalue weighted by atomic mass is 16.5. The molecule has 0 radical (unpaired) electrons. The molecule has 10 heteroatoms. The number of esters is 1.